The lowest BCUT2D eigenvalue weighted by molar-refractivity contribution is -0.0300. The van der Waals surface area contributed by atoms with Crippen LogP contribution in [-0.4, -0.2) is 19.3 Å². The molecule has 0 amide bonds. The van der Waals surface area contributed by atoms with Crippen molar-refractivity contribution in [2.45, 2.75) is 38.8 Å². The van der Waals surface area contributed by atoms with E-state index in [1.165, 1.54) is 16.3 Å². The van der Waals surface area contributed by atoms with Gasteiger partial charge < -0.3 is 10.1 Å². The van der Waals surface area contributed by atoms with Crippen molar-refractivity contribution in [1.29, 1.82) is 0 Å². The second-order valence-corrected chi connectivity index (χ2v) is 5.87. The molecule has 0 saturated heterocycles. The number of likely N-dealkylation sites (N-methyl/N-ethyl adjacent to an activating group) is 1. The Morgan fingerprint density at radius 2 is 1.80 bits per heavy atom. The molecule has 2 aromatic carbocycles. The minimum atomic E-state index is -0.0635. The first kappa shape index (κ1) is 15.0. The molecule has 0 fully saturated rings. The molecule has 0 aliphatic rings. The van der Waals surface area contributed by atoms with E-state index in [4.69, 9.17) is 4.74 Å². The van der Waals surface area contributed by atoms with E-state index in [2.05, 4.69) is 68.6 Å². The maximum atomic E-state index is 6.04. The second-order valence-electron chi connectivity index (χ2n) is 5.87. The standard InChI is InChI=1S/C18H25NO/c1-5-18(2,3)20-13-17(19-4)16-11-10-14-8-6-7-9-15(14)12-16/h6-12,17,19H,5,13H2,1-4H3. The number of hydrogen-bond donors (Lipinski definition) is 1. The molecule has 2 rings (SSSR count). The Labute approximate surface area is 122 Å². The molecule has 1 unspecified atom stereocenters. The van der Waals surface area contributed by atoms with Crippen molar-refractivity contribution in [3.05, 3.63) is 48.0 Å². The molecule has 2 heteroatoms. The molecular formula is C18H25NO. The first-order valence-corrected chi connectivity index (χ1v) is 7.35. The van der Waals surface area contributed by atoms with Crippen LogP contribution in [0.2, 0.25) is 0 Å². The van der Waals surface area contributed by atoms with Crippen molar-refractivity contribution in [3.8, 4) is 0 Å². The Hall–Kier alpha value is -1.38. The zero-order chi connectivity index (χ0) is 14.6. The van der Waals surface area contributed by atoms with Crippen LogP contribution in [0.25, 0.3) is 10.8 Å². The number of fused-ring (bicyclic) bond motifs is 1. The van der Waals surface area contributed by atoms with Crippen LogP contribution < -0.4 is 5.32 Å². The quantitative estimate of drug-likeness (QED) is 0.845. The lowest BCUT2D eigenvalue weighted by Crippen LogP contribution is -2.30. The Balaban J connectivity index is 2.17. The molecule has 1 N–H and O–H groups in total. The Kier molecular flexibility index (Phi) is 4.79. The van der Waals surface area contributed by atoms with Crippen LogP contribution in [0, 0.1) is 0 Å². The van der Waals surface area contributed by atoms with Gasteiger partial charge in [0.2, 0.25) is 0 Å². The van der Waals surface area contributed by atoms with E-state index in [-0.39, 0.29) is 11.6 Å². The fourth-order valence-electron chi connectivity index (χ4n) is 2.18. The average Bonchev–Trinajstić information content (AvgIpc) is 2.47. The summed E-state index contributed by atoms with van der Waals surface area (Å²) in [5.74, 6) is 0. The molecule has 108 valence electrons. The molecule has 1 atom stereocenters. The zero-order valence-electron chi connectivity index (χ0n) is 12.9. The summed E-state index contributed by atoms with van der Waals surface area (Å²) in [5, 5.41) is 5.91. The van der Waals surface area contributed by atoms with Gasteiger partial charge in [0, 0.05) is 0 Å². The Morgan fingerprint density at radius 3 is 2.45 bits per heavy atom. The largest absolute Gasteiger partial charge is 0.374 e. The summed E-state index contributed by atoms with van der Waals surface area (Å²) in [7, 11) is 1.99. The molecule has 2 aromatic rings. The van der Waals surface area contributed by atoms with Crippen molar-refractivity contribution in [2.24, 2.45) is 0 Å². The number of rotatable bonds is 6. The zero-order valence-corrected chi connectivity index (χ0v) is 12.9. The molecule has 0 spiro atoms. The highest BCUT2D eigenvalue weighted by Crippen LogP contribution is 2.23. The maximum Gasteiger partial charge on any atom is 0.0668 e. The summed E-state index contributed by atoms with van der Waals surface area (Å²) in [4.78, 5) is 0. The Morgan fingerprint density at radius 1 is 1.10 bits per heavy atom. The van der Waals surface area contributed by atoms with Crippen molar-refractivity contribution >= 4 is 10.8 Å². The SMILES string of the molecule is CCC(C)(C)OCC(NC)c1ccc2ccccc2c1. The van der Waals surface area contributed by atoms with Crippen LogP contribution in [-0.2, 0) is 4.74 Å². The monoisotopic (exact) mass is 271 g/mol. The van der Waals surface area contributed by atoms with E-state index < -0.39 is 0 Å². The predicted molar refractivity (Wildman–Crippen MR) is 86.1 cm³/mol. The lowest BCUT2D eigenvalue weighted by atomic mass is 10.0. The number of ether oxygens (including phenoxy) is 1. The summed E-state index contributed by atoms with van der Waals surface area (Å²) in [5.41, 5.74) is 1.21. The van der Waals surface area contributed by atoms with E-state index in [1.807, 2.05) is 7.05 Å². The van der Waals surface area contributed by atoms with E-state index in [1.54, 1.807) is 0 Å². The van der Waals surface area contributed by atoms with Crippen molar-refractivity contribution < 1.29 is 4.74 Å². The third kappa shape index (κ3) is 3.59. The van der Waals surface area contributed by atoms with E-state index in [0.717, 1.165) is 6.42 Å². The third-order valence-corrected chi connectivity index (χ3v) is 4.02. The van der Waals surface area contributed by atoms with Crippen molar-refractivity contribution in [3.63, 3.8) is 0 Å². The van der Waals surface area contributed by atoms with Gasteiger partial charge in [-0.1, -0.05) is 43.3 Å². The smallest absolute Gasteiger partial charge is 0.0668 e. The summed E-state index contributed by atoms with van der Waals surface area (Å²) in [6.07, 6.45) is 1.02. The van der Waals surface area contributed by atoms with Gasteiger partial charge in [-0.25, -0.2) is 0 Å². The maximum absolute atomic E-state index is 6.04. The highest BCUT2D eigenvalue weighted by Gasteiger charge is 2.18. The third-order valence-electron chi connectivity index (χ3n) is 4.02. The summed E-state index contributed by atoms with van der Waals surface area (Å²) < 4.78 is 6.04. The number of benzene rings is 2. The molecule has 0 heterocycles. The molecule has 20 heavy (non-hydrogen) atoms. The first-order valence-electron chi connectivity index (χ1n) is 7.35. The summed E-state index contributed by atoms with van der Waals surface area (Å²) in [6, 6.07) is 15.3. The second kappa shape index (κ2) is 6.38. The summed E-state index contributed by atoms with van der Waals surface area (Å²) >= 11 is 0. The lowest BCUT2D eigenvalue weighted by Gasteiger charge is -2.27. The minimum absolute atomic E-state index is 0.0635. The summed E-state index contributed by atoms with van der Waals surface area (Å²) in [6.45, 7) is 7.13. The average molecular weight is 271 g/mol. The van der Waals surface area contributed by atoms with Crippen LogP contribution in [0.5, 0.6) is 0 Å². The molecule has 0 aliphatic heterocycles. The van der Waals surface area contributed by atoms with E-state index in [0.29, 0.717) is 6.61 Å². The number of hydrogen-bond acceptors (Lipinski definition) is 2. The molecule has 0 aromatic heterocycles. The molecule has 0 bridgehead atoms. The van der Waals surface area contributed by atoms with Gasteiger partial charge in [0.05, 0.1) is 18.2 Å². The van der Waals surface area contributed by atoms with Crippen LogP contribution in [0.15, 0.2) is 42.5 Å². The minimum Gasteiger partial charge on any atom is -0.374 e. The first-order chi connectivity index (χ1) is 9.55. The van der Waals surface area contributed by atoms with Crippen molar-refractivity contribution in [1.82, 2.24) is 5.32 Å². The molecule has 0 radical (unpaired) electrons. The molecule has 0 aliphatic carbocycles. The molecule has 0 saturated carbocycles. The predicted octanol–water partition coefficient (Wildman–Crippen LogP) is 4.31. The Bertz CT molecular complexity index is 562. The van der Waals surface area contributed by atoms with E-state index in [9.17, 15) is 0 Å². The van der Waals surface area contributed by atoms with E-state index >= 15 is 0 Å². The highest BCUT2D eigenvalue weighted by atomic mass is 16.5. The fraction of sp³-hybridized carbons (Fsp3) is 0.444. The van der Waals surface area contributed by atoms with Gasteiger partial charge in [-0.2, -0.15) is 0 Å². The fourth-order valence-corrected chi connectivity index (χ4v) is 2.18. The van der Waals surface area contributed by atoms with Crippen molar-refractivity contribution in [2.75, 3.05) is 13.7 Å². The molecule has 2 nitrogen and oxygen atoms in total. The van der Waals surface area contributed by atoms with Gasteiger partial charge in [-0.05, 0) is 49.7 Å². The molecular weight excluding hydrogens is 246 g/mol. The van der Waals surface area contributed by atoms with Gasteiger partial charge in [0.25, 0.3) is 0 Å². The van der Waals surface area contributed by atoms with Gasteiger partial charge in [-0.3, -0.25) is 0 Å². The normalized spacial score (nSPS) is 13.6. The van der Waals surface area contributed by atoms with Crippen LogP contribution in [0.1, 0.15) is 38.8 Å². The van der Waals surface area contributed by atoms with Gasteiger partial charge in [-0.15, -0.1) is 0 Å². The van der Waals surface area contributed by atoms with Gasteiger partial charge >= 0.3 is 0 Å². The highest BCUT2D eigenvalue weighted by molar-refractivity contribution is 5.83. The van der Waals surface area contributed by atoms with Crippen LogP contribution in [0.4, 0.5) is 0 Å². The van der Waals surface area contributed by atoms with Gasteiger partial charge in [0.15, 0.2) is 0 Å². The topological polar surface area (TPSA) is 21.3 Å². The van der Waals surface area contributed by atoms with Gasteiger partial charge in [0.1, 0.15) is 0 Å². The number of nitrogens with one attached hydrogen (secondary N) is 1. The van der Waals surface area contributed by atoms with Crippen LogP contribution in [0.3, 0.4) is 0 Å². The van der Waals surface area contributed by atoms with Crippen LogP contribution >= 0.6 is 0 Å².